The van der Waals surface area contributed by atoms with Crippen LogP contribution in [-0.2, 0) is 4.79 Å². The van der Waals surface area contributed by atoms with E-state index < -0.39 is 0 Å². The summed E-state index contributed by atoms with van der Waals surface area (Å²) in [5.74, 6) is 2.16. The van der Waals surface area contributed by atoms with Crippen LogP contribution in [0.4, 0.5) is 0 Å². The largest absolute Gasteiger partial charge is 0.492 e. The molecular formula is C14H18O4. The SMILES string of the molecule is COc1c(C(C)CC=O)ccc2c1OCCCO2. The average Bonchev–Trinajstić information content (AvgIpc) is 2.62. The van der Waals surface area contributed by atoms with Gasteiger partial charge in [-0.25, -0.2) is 0 Å². The second-order valence-corrected chi connectivity index (χ2v) is 4.37. The van der Waals surface area contributed by atoms with Gasteiger partial charge in [0.1, 0.15) is 6.29 Å². The second-order valence-electron chi connectivity index (χ2n) is 4.37. The predicted octanol–water partition coefficient (Wildman–Crippen LogP) is 2.55. The second kappa shape index (κ2) is 5.76. The number of rotatable bonds is 4. The fraction of sp³-hybridized carbons (Fsp3) is 0.500. The molecule has 0 spiro atoms. The van der Waals surface area contributed by atoms with E-state index in [1.165, 1.54) is 0 Å². The molecule has 18 heavy (non-hydrogen) atoms. The summed E-state index contributed by atoms with van der Waals surface area (Å²) in [6.07, 6.45) is 2.25. The number of fused-ring (bicyclic) bond motifs is 1. The van der Waals surface area contributed by atoms with Gasteiger partial charge in [-0.2, -0.15) is 0 Å². The van der Waals surface area contributed by atoms with Crippen LogP contribution < -0.4 is 14.2 Å². The molecular weight excluding hydrogens is 232 g/mol. The first kappa shape index (κ1) is 12.7. The van der Waals surface area contributed by atoms with Crippen LogP contribution in [0.5, 0.6) is 17.2 Å². The maximum atomic E-state index is 10.6. The molecule has 1 atom stereocenters. The van der Waals surface area contributed by atoms with Gasteiger partial charge in [0, 0.05) is 18.4 Å². The fourth-order valence-corrected chi connectivity index (χ4v) is 2.10. The van der Waals surface area contributed by atoms with Gasteiger partial charge in [0.15, 0.2) is 11.5 Å². The quantitative estimate of drug-likeness (QED) is 0.770. The minimum atomic E-state index is 0.106. The zero-order valence-electron chi connectivity index (χ0n) is 10.8. The molecule has 98 valence electrons. The molecule has 1 unspecified atom stereocenters. The molecule has 0 saturated carbocycles. The molecule has 1 aromatic carbocycles. The number of benzene rings is 1. The van der Waals surface area contributed by atoms with Crippen molar-refractivity contribution in [2.24, 2.45) is 0 Å². The Labute approximate surface area is 107 Å². The Balaban J connectivity index is 2.42. The van der Waals surface area contributed by atoms with Crippen LogP contribution in [0.2, 0.25) is 0 Å². The Hall–Kier alpha value is -1.71. The van der Waals surface area contributed by atoms with E-state index in [4.69, 9.17) is 14.2 Å². The lowest BCUT2D eigenvalue weighted by Gasteiger charge is -2.18. The summed E-state index contributed by atoms with van der Waals surface area (Å²) in [7, 11) is 1.61. The summed E-state index contributed by atoms with van der Waals surface area (Å²) in [4.78, 5) is 10.6. The number of hydrogen-bond acceptors (Lipinski definition) is 4. The molecule has 0 aliphatic carbocycles. The van der Waals surface area contributed by atoms with E-state index in [1.807, 2.05) is 19.1 Å². The normalized spacial score (nSPS) is 15.7. The van der Waals surface area contributed by atoms with Gasteiger partial charge in [0.05, 0.1) is 20.3 Å². The summed E-state index contributed by atoms with van der Waals surface area (Å²) in [6, 6.07) is 3.83. The molecule has 0 aromatic heterocycles. The van der Waals surface area contributed by atoms with Crippen molar-refractivity contribution >= 4 is 6.29 Å². The van der Waals surface area contributed by atoms with Crippen molar-refractivity contribution in [3.8, 4) is 17.2 Å². The van der Waals surface area contributed by atoms with Gasteiger partial charge in [-0.15, -0.1) is 0 Å². The molecule has 1 aromatic rings. The number of hydrogen-bond donors (Lipinski definition) is 0. The third kappa shape index (κ3) is 2.42. The Morgan fingerprint density at radius 1 is 1.39 bits per heavy atom. The van der Waals surface area contributed by atoms with Gasteiger partial charge < -0.3 is 19.0 Å². The summed E-state index contributed by atoms with van der Waals surface area (Å²) >= 11 is 0. The topological polar surface area (TPSA) is 44.8 Å². The maximum Gasteiger partial charge on any atom is 0.203 e. The maximum absolute atomic E-state index is 10.6. The van der Waals surface area contributed by atoms with E-state index in [1.54, 1.807) is 7.11 Å². The van der Waals surface area contributed by atoms with Crippen molar-refractivity contribution < 1.29 is 19.0 Å². The molecule has 0 bridgehead atoms. The highest BCUT2D eigenvalue weighted by atomic mass is 16.5. The lowest BCUT2D eigenvalue weighted by Crippen LogP contribution is -2.02. The Morgan fingerprint density at radius 2 is 2.17 bits per heavy atom. The highest BCUT2D eigenvalue weighted by Crippen LogP contribution is 2.44. The highest BCUT2D eigenvalue weighted by molar-refractivity contribution is 5.59. The molecule has 0 radical (unpaired) electrons. The molecule has 0 fully saturated rings. The van der Waals surface area contributed by atoms with Crippen molar-refractivity contribution in [1.82, 2.24) is 0 Å². The van der Waals surface area contributed by atoms with Crippen LogP contribution >= 0.6 is 0 Å². The number of methoxy groups -OCH3 is 1. The van der Waals surface area contributed by atoms with Gasteiger partial charge in [0.25, 0.3) is 0 Å². The predicted molar refractivity (Wildman–Crippen MR) is 67.7 cm³/mol. The van der Waals surface area contributed by atoms with Crippen molar-refractivity contribution in [2.45, 2.75) is 25.7 Å². The molecule has 0 saturated heterocycles. The van der Waals surface area contributed by atoms with E-state index in [-0.39, 0.29) is 5.92 Å². The van der Waals surface area contributed by atoms with Gasteiger partial charge >= 0.3 is 0 Å². The Kier molecular flexibility index (Phi) is 4.07. The molecule has 4 heteroatoms. The highest BCUT2D eigenvalue weighted by Gasteiger charge is 2.21. The summed E-state index contributed by atoms with van der Waals surface area (Å²) in [6.45, 7) is 3.27. The molecule has 1 aliphatic heterocycles. The van der Waals surface area contributed by atoms with Crippen LogP contribution in [0.25, 0.3) is 0 Å². The lowest BCUT2D eigenvalue weighted by molar-refractivity contribution is -0.108. The third-order valence-electron chi connectivity index (χ3n) is 3.08. The fourth-order valence-electron chi connectivity index (χ4n) is 2.10. The molecule has 0 N–H and O–H groups in total. The van der Waals surface area contributed by atoms with Crippen molar-refractivity contribution in [1.29, 1.82) is 0 Å². The minimum absolute atomic E-state index is 0.106. The van der Waals surface area contributed by atoms with E-state index in [0.717, 1.165) is 18.3 Å². The van der Waals surface area contributed by atoms with E-state index in [9.17, 15) is 4.79 Å². The van der Waals surface area contributed by atoms with Gasteiger partial charge in [-0.05, 0) is 12.0 Å². The average molecular weight is 250 g/mol. The first-order chi connectivity index (χ1) is 8.77. The number of aldehydes is 1. The van der Waals surface area contributed by atoms with Crippen molar-refractivity contribution in [3.05, 3.63) is 17.7 Å². The number of carbonyl (C=O) groups is 1. The standard InChI is InChI=1S/C14H18O4/c1-10(6-7-15)11-4-5-12-14(13(11)16-2)18-9-3-8-17-12/h4-5,7,10H,3,6,8-9H2,1-2H3. The monoisotopic (exact) mass is 250 g/mol. The van der Waals surface area contributed by atoms with E-state index in [0.29, 0.717) is 36.9 Å². The summed E-state index contributed by atoms with van der Waals surface area (Å²) in [5.41, 5.74) is 0.980. The van der Waals surface area contributed by atoms with Crippen LogP contribution in [0.1, 0.15) is 31.2 Å². The number of ether oxygens (including phenoxy) is 3. The van der Waals surface area contributed by atoms with E-state index >= 15 is 0 Å². The molecule has 1 heterocycles. The molecule has 2 rings (SSSR count). The molecule has 4 nitrogen and oxygen atoms in total. The van der Waals surface area contributed by atoms with Crippen LogP contribution in [-0.4, -0.2) is 26.6 Å². The first-order valence-electron chi connectivity index (χ1n) is 6.18. The zero-order valence-corrected chi connectivity index (χ0v) is 10.8. The van der Waals surface area contributed by atoms with Gasteiger partial charge in [0.2, 0.25) is 5.75 Å². The van der Waals surface area contributed by atoms with Gasteiger partial charge in [-0.1, -0.05) is 13.0 Å². The minimum Gasteiger partial charge on any atom is -0.492 e. The van der Waals surface area contributed by atoms with Gasteiger partial charge in [-0.3, -0.25) is 0 Å². The molecule has 0 amide bonds. The number of carbonyl (C=O) groups excluding carboxylic acids is 1. The van der Waals surface area contributed by atoms with Crippen LogP contribution in [0.15, 0.2) is 12.1 Å². The van der Waals surface area contributed by atoms with Crippen molar-refractivity contribution in [2.75, 3.05) is 20.3 Å². The lowest BCUT2D eigenvalue weighted by atomic mass is 9.97. The summed E-state index contributed by atoms with van der Waals surface area (Å²) in [5, 5.41) is 0. The van der Waals surface area contributed by atoms with Crippen molar-refractivity contribution in [3.63, 3.8) is 0 Å². The summed E-state index contributed by atoms with van der Waals surface area (Å²) < 4.78 is 16.8. The van der Waals surface area contributed by atoms with Crippen LogP contribution in [0.3, 0.4) is 0 Å². The third-order valence-corrected chi connectivity index (χ3v) is 3.08. The first-order valence-corrected chi connectivity index (χ1v) is 6.18. The van der Waals surface area contributed by atoms with Crippen LogP contribution in [0, 0.1) is 0 Å². The Bertz CT molecular complexity index is 428. The van der Waals surface area contributed by atoms with E-state index in [2.05, 4.69) is 0 Å². The smallest absolute Gasteiger partial charge is 0.203 e. The zero-order chi connectivity index (χ0) is 13.0. The molecule has 1 aliphatic rings. The Morgan fingerprint density at radius 3 is 2.89 bits per heavy atom.